The standard InChI is InChI=1S/C30H26N4/c1-3-11-25-21(7-1)9-5-19-33(25)27-15-17-31-29-23(27)13-14-24-28(16-18-32-30(24)29)34-20-6-10-22-8-2-4-12-26(22)34/h1-4,7-8,11-18H,5-6,9-10,19-20H2. The van der Waals surface area contributed by atoms with Gasteiger partial charge in [0.25, 0.3) is 0 Å². The van der Waals surface area contributed by atoms with E-state index in [1.807, 2.05) is 12.4 Å². The molecule has 166 valence electrons. The Morgan fingerprint density at radius 1 is 0.500 bits per heavy atom. The third-order valence-electron chi connectivity index (χ3n) is 7.38. The molecule has 3 aromatic carbocycles. The third-order valence-corrected chi connectivity index (χ3v) is 7.38. The summed E-state index contributed by atoms with van der Waals surface area (Å²) in [6.07, 6.45) is 8.48. The van der Waals surface area contributed by atoms with Crippen molar-refractivity contribution >= 4 is 44.6 Å². The van der Waals surface area contributed by atoms with Crippen molar-refractivity contribution in [1.29, 1.82) is 0 Å². The van der Waals surface area contributed by atoms with Crippen LogP contribution in [0.2, 0.25) is 0 Å². The maximum absolute atomic E-state index is 4.84. The zero-order valence-electron chi connectivity index (χ0n) is 19.1. The molecule has 4 nitrogen and oxygen atoms in total. The lowest BCUT2D eigenvalue weighted by molar-refractivity contribution is 0.768. The van der Waals surface area contributed by atoms with Crippen LogP contribution in [0.15, 0.2) is 85.2 Å². The molecule has 4 heteroatoms. The monoisotopic (exact) mass is 442 g/mol. The van der Waals surface area contributed by atoms with Crippen molar-refractivity contribution in [2.75, 3.05) is 22.9 Å². The van der Waals surface area contributed by atoms with Crippen molar-refractivity contribution in [1.82, 2.24) is 9.97 Å². The lowest BCUT2D eigenvalue weighted by Crippen LogP contribution is -2.25. The minimum atomic E-state index is 0.977. The van der Waals surface area contributed by atoms with Gasteiger partial charge in [-0.1, -0.05) is 36.4 Å². The SMILES string of the molecule is c1ccc2c(c1)CCCN2c1ccnc2c1ccc1c(N3CCCc4ccccc43)ccnc12. The molecule has 0 N–H and O–H groups in total. The van der Waals surface area contributed by atoms with Crippen molar-refractivity contribution in [3.05, 3.63) is 96.3 Å². The average molecular weight is 443 g/mol. The predicted octanol–water partition coefficient (Wildman–Crippen LogP) is 6.95. The van der Waals surface area contributed by atoms with Crippen molar-refractivity contribution in [2.24, 2.45) is 0 Å². The van der Waals surface area contributed by atoms with E-state index in [0.29, 0.717) is 0 Å². The number of anilines is 4. The van der Waals surface area contributed by atoms with Gasteiger partial charge in [0, 0.05) is 47.6 Å². The number of hydrogen-bond donors (Lipinski definition) is 0. The first-order valence-electron chi connectivity index (χ1n) is 12.3. The van der Waals surface area contributed by atoms with Crippen LogP contribution in [-0.4, -0.2) is 23.1 Å². The molecule has 5 aromatic rings. The number of pyridine rings is 2. The molecule has 7 rings (SSSR count). The number of fused-ring (bicyclic) bond motifs is 5. The van der Waals surface area contributed by atoms with E-state index in [1.165, 1.54) is 33.9 Å². The van der Waals surface area contributed by atoms with Gasteiger partial charge < -0.3 is 9.80 Å². The summed E-state index contributed by atoms with van der Waals surface area (Å²) in [6.45, 7) is 2.04. The van der Waals surface area contributed by atoms with Crippen LogP contribution in [0.5, 0.6) is 0 Å². The van der Waals surface area contributed by atoms with Crippen molar-refractivity contribution in [3.8, 4) is 0 Å². The second-order valence-electron chi connectivity index (χ2n) is 9.29. The average Bonchev–Trinajstić information content (AvgIpc) is 2.91. The molecule has 34 heavy (non-hydrogen) atoms. The van der Waals surface area contributed by atoms with E-state index in [2.05, 4.69) is 82.6 Å². The molecule has 0 amide bonds. The number of rotatable bonds is 2. The highest BCUT2D eigenvalue weighted by Crippen LogP contribution is 2.41. The van der Waals surface area contributed by atoms with Crippen LogP contribution in [0.1, 0.15) is 24.0 Å². The highest BCUT2D eigenvalue weighted by Gasteiger charge is 2.23. The lowest BCUT2D eigenvalue weighted by atomic mass is 9.99. The Hall–Kier alpha value is -3.92. The second kappa shape index (κ2) is 7.84. The maximum Gasteiger partial charge on any atom is 0.0986 e. The van der Waals surface area contributed by atoms with Crippen LogP contribution < -0.4 is 9.80 Å². The number of aromatic nitrogens is 2. The van der Waals surface area contributed by atoms with Gasteiger partial charge >= 0.3 is 0 Å². The first-order valence-corrected chi connectivity index (χ1v) is 12.3. The van der Waals surface area contributed by atoms with Gasteiger partial charge in [-0.25, -0.2) is 0 Å². The highest BCUT2D eigenvalue weighted by atomic mass is 15.2. The molecule has 0 fully saturated rings. The molecule has 2 aliphatic rings. The van der Waals surface area contributed by atoms with Gasteiger partial charge in [0.1, 0.15) is 0 Å². The van der Waals surface area contributed by atoms with Gasteiger partial charge in [0.05, 0.1) is 22.4 Å². The maximum atomic E-state index is 4.84. The summed E-state index contributed by atoms with van der Waals surface area (Å²) in [7, 11) is 0. The third kappa shape index (κ3) is 2.98. The van der Waals surface area contributed by atoms with Gasteiger partial charge in [-0.2, -0.15) is 0 Å². The minimum absolute atomic E-state index is 0.977. The summed E-state index contributed by atoms with van der Waals surface area (Å²) >= 11 is 0. The summed E-state index contributed by atoms with van der Waals surface area (Å²) in [4.78, 5) is 14.6. The summed E-state index contributed by atoms with van der Waals surface area (Å²) in [5, 5.41) is 2.32. The smallest absolute Gasteiger partial charge is 0.0986 e. The van der Waals surface area contributed by atoms with E-state index in [1.54, 1.807) is 0 Å². The van der Waals surface area contributed by atoms with Crippen molar-refractivity contribution in [3.63, 3.8) is 0 Å². The van der Waals surface area contributed by atoms with E-state index in [-0.39, 0.29) is 0 Å². The van der Waals surface area contributed by atoms with E-state index in [9.17, 15) is 0 Å². The molecule has 0 saturated carbocycles. The van der Waals surface area contributed by atoms with E-state index in [0.717, 1.165) is 60.6 Å². The Balaban J connectivity index is 1.41. The zero-order chi connectivity index (χ0) is 22.5. The Bertz CT molecular complexity index is 1420. The summed E-state index contributed by atoms with van der Waals surface area (Å²) in [6, 6.07) is 26.4. The largest absolute Gasteiger partial charge is 0.341 e. The molecular weight excluding hydrogens is 416 g/mol. The van der Waals surface area contributed by atoms with Gasteiger partial charge in [-0.15, -0.1) is 0 Å². The molecule has 0 saturated heterocycles. The van der Waals surface area contributed by atoms with E-state index in [4.69, 9.17) is 9.97 Å². The Morgan fingerprint density at radius 3 is 1.47 bits per heavy atom. The predicted molar refractivity (Wildman–Crippen MR) is 141 cm³/mol. The molecule has 2 aromatic heterocycles. The van der Waals surface area contributed by atoms with Crippen molar-refractivity contribution in [2.45, 2.75) is 25.7 Å². The van der Waals surface area contributed by atoms with Crippen LogP contribution in [0.25, 0.3) is 21.8 Å². The second-order valence-corrected chi connectivity index (χ2v) is 9.29. The fourth-order valence-corrected chi connectivity index (χ4v) is 5.84. The number of aryl methyl sites for hydroxylation is 2. The summed E-state index contributed by atoms with van der Waals surface area (Å²) in [5.41, 5.74) is 9.85. The van der Waals surface area contributed by atoms with E-state index >= 15 is 0 Å². The molecule has 0 unspecified atom stereocenters. The highest BCUT2D eigenvalue weighted by molar-refractivity contribution is 6.11. The van der Waals surface area contributed by atoms with Crippen LogP contribution in [0.3, 0.4) is 0 Å². The van der Waals surface area contributed by atoms with Gasteiger partial charge in [0.15, 0.2) is 0 Å². The Kier molecular flexibility index (Phi) is 4.51. The molecular formula is C30H26N4. The normalized spacial score (nSPS) is 15.4. The van der Waals surface area contributed by atoms with Crippen LogP contribution >= 0.6 is 0 Å². The number of benzene rings is 3. The van der Waals surface area contributed by atoms with Gasteiger partial charge in [-0.05, 0) is 73.2 Å². The van der Waals surface area contributed by atoms with Crippen molar-refractivity contribution < 1.29 is 0 Å². The van der Waals surface area contributed by atoms with Gasteiger partial charge in [-0.3, -0.25) is 9.97 Å². The lowest BCUT2D eigenvalue weighted by Gasteiger charge is -2.33. The first-order chi connectivity index (χ1) is 16.9. The van der Waals surface area contributed by atoms with E-state index < -0.39 is 0 Å². The zero-order valence-corrected chi connectivity index (χ0v) is 19.1. The van der Waals surface area contributed by atoms with Crippen LogP contribution in [0, 0.1) is 0 Å². The molecule has 4 heterocycles. The Labute approximate surface area is 199 Å². The number of para-hydroxylation sites is 2. The summed E-state index contributed by atoms with van der Waals surface area (Å²) < 4.78 is 0. The van der Waals surface area contributed by atoms with Crippen LogP contribution in [-0.2, 0) is 12.8 Å². The Morgan fingerprint density at radius 2 is 0.971 bits per heavy atom. The molecule has 2 aliphatic heterocycles. The molecule has 0 aliphatic carbocycles. The number of nitrogens with zero attached hydrogens (tertiary/aromatic N) is 4. The molecule has 0 atom stereocenters. The molecule has 0 radical (unpaired) electrons. The molecule has 0 spiro atoms. The quantitative estimate of drug-likeness (QED) is 0.277. The molecule has 0 bridgehead atoms. The van der Waals surface area contributed by atoms with Crippen LogP contribution in [0.4, 0.5) is 22.7 Å². The topological polar surface area (TPSA) is 32.3 Å². The fraction of sp³-hybridized carbons (Fsp3) is 0.200. The summed E-state index contributed by atoms with van der Waals surface area (Å²) in [5.74, 6) is 0. The fourth-order valence-electron chi connectivity index (χ4n) is 5.84. The van der Waals surface area contributed by atoms with Gasteiger partial charge in [0.2, 0.25) is 0 Å². The minimum Gasteiger partial charge on any atom is -0.341 e. The number of hydrogen-bond acceptors (Lipinski definition) is 4. The first kappa shape index (κ1) is 19.5.